The van der Waals surface area contributed by atoms with E-state index in [2.05, 4.69) is 5.32 Å². The number of anilines is 1. The number of carbonyl (C=O) groups is 2. The standard InChI is InChI=1S/C12H16N2O3/c1-8-9(12(16)17)4-2-5-10(8)14-11(15)6-3-7-13/h2,4-5H,3,6-7,13H2,1H3,(H,14,15)(H,16,17). The second-order valence-electron chi connectivity index (χ2n) is 3.72. The SMILES string of the molecule is Cc1c(NC(=O)CCCN)cccc1C(=O)O. The molecule has 0 saturated carbocycles. The van der Waals surface area contributed by atoms with Crippen molar-refractivity contribution >= 4 is 17.6 Å². The number of hydrogen-bond donors (Lipinski definition) is 3. The minimum Gasteiger partial charge on any atom is -0.478 e. The van der Waals surface area contributed by atoms with Crippen LogP contribution in [-0.4, -0.2) is 23.5 Å². The first kappa shape index (κ1) is 13.2. The van der Waals surface area contributed by atoms with Gasteiger partial charge in [-0.3, -0.25) is 4.79 Å². The third-order valence-corrected chi connectivity index (χ3v) is 2.45. The van der Waals surface area contributed by atoms with Crippen LogP contribution in [0.4, 0.5) is 5.69 Å². The van der Waals surface area contributed by atoms with Gasteiger partial charge in [0.2, 0.25) is 5.91 Å². The van der Waals surface area contributed by atoms with Gasteiger partial charge in [0, 0.05) is 12.1 Å². The number of benzene rings is 1. The molecule has 0 bridgehead atoms. The number of carboxylic acids is 1. The predicted octanol–water partition coefficient (Wildman–Crippen LogP) is 1.37. The molecule has 0 radical (unpaired) electrons. The Balaban J connectivity index is 2.81. The van der Waals surface area contributed by atoms with Gasteiger partial charge < -0.3 is 16.2 Å². The molecule has 0 fully saturated rings. The summed E-state index contributed by atoms with van der Waals surface area (Å²) in [5.74, 6) is -1.15. The fourth-order valence-corrected chi connectivity index (χ4v) is 1.48. The van der Waals surface area contributed by atoms with Crippen LogP contribution < -0.4 is 11.1 Å². The Hall–Kier alpha value is -1.88. The van der Waals surface area contributed by atoms with Gasteiger partial charge >= 0.3 is 5.97 Å². The van der Waals surface area contributed by atoms with Crippen molar-refractivity contribution in [1.29, 1.82) is 0 Å². The first-order valence-corrected chi connectivity index (χ1v) is 5.39. The molecule has 0 aliphatic carbocycles. The summed E-state index contributed by atoms with van der Waals surface area (Å²) in [5, 5.41) is 11.6. The number of hydrogen-bond acceptors (Lipinski definition) is 3. The Labute approximate surface area is 99.6 Å². The molecule has 1 rings (SSSR count). The minimum absolute atomic E-state index is 0.152. The topological polar surface area (TPSA) is 92.4 Å². The number of nitrogens with one attached hydrogen (secondary N) is 1. The van der Waals surface area contributed by atoms with Crippen molar-refractivity contribution in [3.05, 3.63) is 29.3 Å². The molecule has 0 saturated heterocycles. The number of nitrogens with two attached hydrogens (primary N) is 1. The number of carboxylic acid groups (broad SMARTS) is 1. The van der Waals surface area contributed by atoms with E-state index in [1.807, 2.05) is 0 Å². The van der Waals surface area contributed by atoms with E-state index < -0.39 is 5.97 Å². The second kappa shape index (κ2) is 6.00. The Bertz CT molecular complexity index is 430. The zero-order valence-corrected chi connectivity index (χ0v) is 9.69. The van der Waals surface area contributed by atoms with Crippen molar-refractivity contribution in [3.8, 4) is 0 Å². The van der Waals surface area contributed by atoms with E-state index in [9.17, 15) is 9.59 Å². The van der Waals surface area contributed by atoms with Crippen molar-refractivity contribution in [1.82, 2.24) is 0 Å². The molecule has 17 heavy (non-hydrogen) atoms. The molecule has 1 amide bonds. The summed E-state index contributed by atoms with van der Waals surface area (Å²) in [6.45, 7) is 2.13. The highest BCUT2D eigenvalue weighted by molar-refractivity contribution is 5.95. The summed E-state index contributed by atoms with van der Waals surface area (Å²) in [6, 6.07) is 4.80. The van der Waals surface area contributed by atoms with Crippen LogP contribution in [0.2, 0.25) is 0 Å². The summed E-state index contributed by atoms with van der Waals surface area (Å²) < 4.78 is 0. The maximum Gasteiger partial charge on any atom is 0.336 e. The van der Waals surface area contributed by atoms with Gasteiger partial charge in [-0.1, -0.05) is 6.07 Å². The normalized spacial score (nSPS) is 10.0. The lowest BCUT2D eigenvalue weighted by Gasteiger charge is -2.10. The Morgan fingerprint density at radius 2 is 2.12 bits per heavy atom. The molecular formula is C12H16N2O3. The van der Waals surface area contributed by atoms with Crippen molar-refractivity contribution in [2.45, 2.75) is 19.8 Å². The lowest BCUT2D eigenvalue weighted by atomic mass is 10.1. The fraction of sp³-hybridized carbons (Fsp3) is 0.333. The van der Waals surface area contributed by atoms with Crippen LogP contribution in [0, 0.1) is 6.92 Å². The predicted molar refractivity (Wildman–Crippen MR) is 65.1 cm³/mol. The van der Waals surface area contributed by atoms with Gasteiger partial charge in [-0.15, -0.1) is 0 Å². The quantitative estimate of drug-likeness (QED) is 0.719. The number of amides is 1. The van der Waals surface area contributed by atoms with Crippen LogP contribution in [0.5, 0.6) is 0 Å². The fourth-order valence-electron chi connectivity index (χ4n) is 1.48. The second-order valence-corrected chi connectivity index (χ2v) is 3.72. The first-order valence-electron chi connectivity index (χ1n) is 5.39. The molecule has 0 aliphatic heterocycles. The largest absolute Gasteiger partial charge is 0.478 e. The maximum absolute atomic E-state index is 11.5. The van der Waals surface area contributed by atoms with Crippen LogP contribution in [0.25, 0.3) is 0 Å². The van der Waals surface area contributed by atoms with Crippen LogP contribution in [0.15, 0.2) is 18.2 Å². The van der Waals surface area contributed by atoms with Crippen LogP contribution in [0.3, 0.4) is 0 Å². The van der Waals surface area contributed by atoms with Gasteiger partial charge in [0.05, 0.1) is 5.56 Å². The van der Waals surface area contributed by atoms with E-state index >= 15 is 0 Å². The third-order valence-electron chi connectivity index (χ3n) is 2.45. The summed E-state index contributed by atoms with van der Waals surface area (Å²) in [6.07, 6.45) is 0.955. The summed E-state index contributed by atoms with van der Waals surface area (Å²) in [7, 11) is 0. The zero-order chi connectivity index (χ0) is 12.8. The molecule has 0 heterocycles. The Kier molecular flexibility index (Phi) is 4.66. The van der Waals surface area contributed by atoms with Crippen molar-refractivity contribution in [2.24, 2.45) is 5.73 Å². The van der Waals surface area contributed by atoms with Crippen LogP contribution in [-0.2, 0) is 4.79 Å². The van der Waals surface area contributed by atoms with E-state index in [-0.39, 0.29) is 11.5 Å². The maximum atomic E-state index is 11.5. The lowest BCUT2D eigenvalue weighted by Crippen LogP contribution is -2.15. The molecule has 0 spiro atoms. The van der Waals surface area contributed by atoms with Crippen LogP contribution >= 0.6 is 0 Å². The van der Waals surface area contributed by atoms with Gasteiger partial charge in [0.25, 0.3) is 0 Å². The smallest absolute Gasteiger partial charge is 0.336 e. The Morgan fingerprint density at radius 1 is 1.41 bits per heavy atom. The average molecular weight is 236 g/mol. The highest BCUT2D eigenvalue weighted by atomic mass is 16.4. The van der Waals surface area contributed by atoms with Crippen molar-refractivity contribution in [2.75, 3.05) is 11.9 Å². The van der Waals surface area contributed by atoms with Gasteiger partial charge in [0.15, 0.2) is 0 Å². The summed E-state index contributed by atoms with van der Waals surface area (Å²) in [4.78, 5) is 22.4. The molecule has 0 unspecified atom stereocenters. The van der Waals surface area contributed by atoms with Crippen molar-refractivity contribution < 1.29 is 14.7 Å². The van der Waals surface area contributed by atoms with E-state index in [0.29, 0.717) is 30.6 Å². The molecule has 4 N–H and O–H groups in total. The van der Waals surface area contributed by atoms with E-state index in [4.69, 9.17) is 10.8 Å². The number of rotatable bonds is 5. The number of aromatic carboxylic acids is 1. The summed E-state index contributed by atoms with van der Waals surface area (Å²) >= 11 is 0. The third kappa shape index (κ3) is 3.57. The monoisotopic (exact) mass is 236 g/mol. The highest BCUT2D eigenvalue weighted by Crippen LogP contribution is 2.19. The van der Waals surface area contributed by atoms with E-state index in [0.717, 1.165) is 0 Å². The molecule has 5 heteroatoms. The van der Waals surface area contributed by atoms with E-state index in [1.165, 1.54) is 6.07 Å². The van der Waals surface area contributed by atoms with Crippen LogP contribution in [0.1, 0.15) is 28.8 Å². The van der Waals surface area contributed by atoms with Gasteiger partial charge in [0.1, 0.15) is 0 Å². The summed E-state index contributed by atoms with van der Waals surface area (Å²) in [5.41, 5.74) is 6.59. The van der Waals surface area contributed by atoms with Gasteiger partial charge in [-0.2, -0.15) is 0 Å². The van der Waals surface area contributed by atoms with Gasteiger partial charge in [-0.25, -0.2) is 4.79 Å². The minimum atomic E-state index is -0.999. The molecule has 0 aliphatic rings. The Morgan fingerprint density at radius 3 is 2.71 bits per heavy atom. The molecular weight excluding hydrogens is 220 g/mol. The number of carbonyl (C=O) groups excluding carboxylic acids is 1. The molecule has 0 aromatic heterocycles. The highest BCUT2D eigenvalue weighted by Gasteiger charge is 2.11. The molecule has 1 aromatic carbocycles. The average Bonchev–Trinajstić information content (AvgIpc) is 2.28. The lowest BCUT2D eigenvalue weighted by molar-refractivity contribution is -0.116. The van der Waals surface area contributed by atoms with Gasteiger partial charge in [-0.05, 0) is 37.6 Å². The molecule has 5 nitrogen and oxygen atoms in total. The van der Waals surface area contributed by atoms with E-state index in [1.54, 1.807) is 19.1 Å². The molecule has 1 aromatic rings. The zero-order valence-electron chi connectivity index (χ0n) is 9.69. The van der Waals surface area contributed by atoms with Crippen molar-refractivity contribution in [3.63, 3.8) is 0 Å². The molecule has 92 valence electrons. The molecule has 0 atom stereocenters. The first-order chi connectivity index (χ1) is 8.06.